The van der Waals surface area contributed by atoms with Gasteiger partial charge in [-0.1, -0.05) is 29.3 Å². The van der Waals surface area contributed by atoms with Gasteiger partial charge in [-0.25, -0.2) is 9.98 Å². The van der Waals surface area contributed by atoms with Crippen molar-refractivity contribution in [1.29, 1.82) is 0 Å². The highest BCUT2D eigenvalue weighted by atomic mass is 127. The first-order valence-electron chi connectivity index (χ1n) is 9.19. The number of guanidine groups is 1. The number of methoxy groups -OCH3 is 1. The molecule has 0 bridgehead atoms. The maximum Gasteiger partial charge on any atom is 0.191 e. The molecule has 1 aromatic carbocycles. The number of aromatic nitrogens is 1. The zero-order valence-corrected chi connectivity index (χ0v) is 20.6. The van der Waals surface area contributed by atoms with E-state index in [1.54, 1.807) is 19.4 Å². The van der Waals surface area contributed by atoms with E-state index in [0.717, 1.165) is 36.6 Å². The van der Waals surface area contributed by atoms with E-state index in [4.69, 9.17) is 32.7 Å². The summed E-state index contributed by atoms with van der Waals surface area (Å²) >= 11 is 12.1. The van der Waals surface area contributed by atoms with Gasteiger partial charge in [0.25, 0.3) is 0 Å². The van der Waals surface area contributed by atoms with Gasteiger partial charge < -0.3 is 20.1 Å². The zero-order valence-electron chi connectivity index (χ0n) is 16.8. The Morgan fingerprint density at radius 1 is 1.14 bits per heavy atom. The molecule has 0 atom stereocenters. The van der Waals surface area contributed by atoms with Crippen molar-refractivity contribution in [3.05, 3.63) is 51.8 Å². The quantitative estimate of drug-likeness (QED) is 0.204. The Balaban J connectivity index is 0.00000420. The monoisotopic (exact) mass is 552 g/mol. The van der Waals surface area contributed by atoms with Gasteiger partial charge in [-0.2, -0.15) is 0 Å². The van der Waals surface area contributed by atoms with Gasteiger partial charge in [0.15, 0.2) is 17.5 Å². The fraction of sp³-hybridized carbons (Fsp3) is 0.400. The maximum absolute atomic E-state index is 6.33. The van der Waals surface area contributed by atoms with Gasteiger partial charge >= 0.3 is 0 Å². The summed E-state index contributed by atoms with van der Waals surface area (Å²) in [5, 5.41) is 7.56. The molecule has 6 nitrogen and oxygen atoms in total. The fourth-order valence-corrected chi connectivity index (χ4v) is 2.94. The lowest BCUT2D eigenvalue weighted by molar-refractivity contribution is 0.311. The third kappa shape index (κ3) is 8.44. The normalized spacial score (nSPS) is 10.9. The summed E-state index contributed by atoms with van der Waals surface area (Å²) in [6, 6.07) is 7.50. The van der Waals surface area contributed by atoms with Crippen LogP contribution in [-0.4, -0.2) is 37.7 Å². The SMILES string of the molecule is CCNC(=NCc1cc(Cl)c(OCC)c(OC)c1)NCCc1ccc(Cl)nc1.I. The molecule has 29 heavy (non-hydrogen) atoms. The fourth-order valence-electron chi connectivity index (χ4n) is 2.54. The van der Waals surface area contributed by atoms with Gasteiger partial charge in [-0.3, -0.25) is 0 Å². The first-order valence-corrected chi connectivity index (χ1v) is 9.94. The minimum atomic E-state index is 0. The van der Waals surface area contributed by atoms with Crippen molar-refractivity contribution in [3.63, 3.8) is 0 Å². The summed E-state index contributed by atoms with van der Waals surface area (Å²) in [6.45, 7) is 6.40. The molecule has 0 aliphatic rings. The molecule has 0 unspecified atom stereocenters. The average Bonchev–Trinajstić information content (AvgIpc) is 2.69. The molecule has 0 amide bonds. The van der Waals surface area contributed by atoms with Crippen molar-refractivity contribution in [2.24, 2.45) is 4.99 Å². The first kappa shape index (κ1) is 25.6. The summed E-state index contributed by atoms with van der Waals surface area (Å²) < 4.78 is 10.9. The number of ether oxygens (including phenoxy) is 2. The van der Waals surface area contributed by atoms with E-state index in [9.17, 15) is 0 Å². The topological polar surface area (TPSA) is 67.8 Å². The Morgan fingerprint density at radius 2 is 1.93 bits per heavy atom. The van der Waals surface area contributed by atoms with Crippen molar-refractivity contribution in [3.8, 4) is 11.5 Å². The van der Waals surface area contributed by atoms with Crippen molar-refractivity contribution < 1.29 is 9.47 Å². The summed E-state index contributed by atoms with van der Waals surface area (Å²) in [7, 11) is 1.60. The Labute approximate surface area is 199 Å². The molecular weight excluding hydrogens is 526 g/mol. The van der Waals surface area contributed by atoms with E-state index in [1.165, 1.54) is 0 Å². The number of hydrogen-bond acceptors (Lipinski definition) is 4. The van der Waals surface area contributed by atoms with Crippen LogP contribution >= 0.6 is 47.2 Å². The molecule has 0 aliphatic carbocycles. The van der Waals surface area contributed by atoms with Crippen molar-refractivity contribution >= 4 is 53.1 Å². The van der Waals surface area contributed by atoms with Crippen LogP contribution in [0.25, 0.3) is 0 Å². The minimum Gasteiger partial charge on any atom is -0.493 e. The predicted octanol–water partition coefficient (Wildman–Crippen LogP) is 4.71. The Morgan fingerprint density at radius 3 is 2.55 bits per heavy atom. The highest BCUT2D eigenvalue weighted by Crippen LogP contribution is 2.36. The lowest BCUT2D eigenvalue weighted by Gasteiger charge is -2.14. The number of nitrogens with zero attached hydrogens (tertiary/aromatic N) is 2. The van der Waals surface area contributed by atoms with Crippen LogP contribution in [-0.2, 0) is 13.0 Å². The first-order chi connectivity index (χ1) is 13.6. The van der Waals surface area contributed by atoms with E-state index < -0.39 is 0 Å². The van der Waals surface area contributed by atoms with E-state index in [-0.39, 0.29) is 24.0 Å². The molecule has 1 heterocycles. The molecule has 9 heteroatoms. The van der Waals surface area contributed by atoms with Crippen molar-refractivity contribution in [2.45, 2.75) is 26.8 Å². The van der Waals surface area contributed by atoms with Gasteiger partial charge in [-0.15, -0.1) is 24.0 Å². The largest absolute Gasteiger partial charge is 0.493 e. The Bertz CT molecular complexity index is 789. The number of nitrogens with one attached hydrogen (secondary N) is 2. The molecule has 2 aromatic rings. The molecule has 0 saturated heterocycles. The molecule has 0 aliphatic heterocycles. The van der Waals surface area contributed by atoms with Crippen LogP contribution in [0, 0.1) is 0 Å². The van der Waals surface area contributed by atoms with E-state index >= 15 is 0 Å². The molecule has 0 fully saturated rings. The van der Waals surface area contributed by atoms with Gasteiger partial charge in [0.2, 0.25) is 0 Å². The van der Waals surface area contributed by atoms with E-state index in [0.29, 0.717) is 34.8 Å². The summed E-state index contributed by atoms with van der Waals surface area (Å²) in [5.41, 5.74) is 2.04. The minimum absolute atomic E-state index is 0. The number of aliphatic imine (C=N–C) groups is 1. The smallest absolute Gasteiger partial charge is 0.191 e. The lowest BCUT2D eigenvalue weighted by atomic mass is 10.2. The maximum atomic E-state index is 6.33. The number of halogens is 3. The van der Waals surface area contributed by atoms with Gasteiger partial charge in [0.1, 0.15) is 5.15 Å². The van der Waals surface area contributed by atoms with Crippen molar-refractivity contribution in [1.82, 2.24) is 15.6 Å². The molecule has 0 saturated carbocycles. The standard InChI is InChI=1S/C20H26Cl2N4O2.HI/c1-4-23-20(24-9-8-14-6-7-18(22)25-12-14)26-13-15-10-16(21)19(28-5-2)17(11-15)27-3;/h6-7,10-12H,4-5,8-9,13H2,1-3H3,(H2,23,24,26);1H. The highest BCUT2D eigenvalue weighted by Gasteiger charge is 2.11. The van der Waals surface area contributed by atoms with Crippen LogP contribution < -0.4 is 20.1 Å². The van der Waals surface area contributed by atoms with Crippen LogP contribution in [0.3, 0.4) is 0 Å². The summed E-state index contributed by atoms with van der Waals surface area (Å²) in [4.78, 5) is 8.72. The number of rotatable bonds is 9. The molecule has 2 rings (SSSR count). The van der Waals surface area contributed by atoms with Crippen LogP contribution in [0.15, 0.2) is 35.5 Å². The van der Waals surface area contributed by atoms with Gasteiger partial charge in [0, 0.05) is 19.3 Å². The van der Waals surface area contributed by atoms with E-state index in [1.807, 2.05) is 32.0 Å². The third-order valence-electron chi connectivity index (χ3n) is 3.84. The molecule has 2 N–H and O–H groups in total. The molecule has 0 radical (unpaired) electrons. The molecule has 0 spiro atoms. The molecule has 1 aromatic heterocycles. The van der Waals surface area contributed by atoms with Crippen molar-refractivity contribution in [2.75, 3.05) is 26.8 Å². The van der Waals surface area contributed by atoms with Gasteiger partial charge in [0.05, 0.1) is 25.3 Å². The van der Waals surface area contributed by atoms with E-state index in [2.05, 4.69) is 20.6 Å². The number of hydrogen-bond donors (Lipinski definition) is 2. The Kier molecular flexibility index (Phi) is 12.1. The number of benzene rings is 1. The van der Waals surface area contributed by atoms with Crippen LogP contribution in [0.2, 0.25) is 10.2 Å². The second-order valence-corrected chi connectivity index (χ2v) is 6.70. The second-order valence-electron chi connectivity index (χ2n) is 5.90. The predicted molar refractivity (Wildman–Crippen MR) is 130 cm³/mol. The van der Waals surface area contributed by atoms with Crippen LogP contribution in [0.1, 0.15) is 25.0 Å². The third-order valence-corrected chi connectivity index (χ3v) is 4.34. The zero-order chi connectivity index (χ0) is 20.4. The summed E-state index contributed by atoms with van der Waals surface area (Å²) in [6.07, 6.45) is 2.60. The number of pyridine rings is 1. The summed E-state index contributed by atoms with van der Waals surface area (Å²) in [5.74, 6) is 1.89. The lowest BCUT2D eigenvalue weighted by Crippen LogP contribution is -2.38. The molecular formula is C20H27Cl2IN4O2. The van der Waals surface area contributed by atoms with Gasteiger partial charge in [-0.05, 0) is 49.6 Å². The highest BCUT2D eigenvalue weighted by molar-refractivity contribution is 14.0. The Hall–Kier alpha value is -1.45. The average molecular weight is 553 g/mol. The van der Waals surface area contributed by atoms with Crippen LogP contribution in [0.4, 0.5) is 0 Å². The molecule has 160 valence electrons. The van der Waals surface area contributed by atoms with Crippen LogP contribution in [0.5, 0.6) is 11.5 Å². The second kappa shape index (κ2) is 13.7.